The molecule has 0 saturated heterocycles. The summed E-state index contributed by atoms with van der Waals surface area (Å²) in [6.07, 6.45) is 12.2. The van der Waals surface area contributed by atoms with Crippen molar-refractivity contribution in [1.29, 1.82) is 0 Å². The Morgan fingerprint density at radius 2 is 1.26 bits per heavy atom. The number of imidazole rings is 2. The zero-order valence-electron chi connectivity index (χ0n) is 39.5. The van der Waals surface area contributed by atoms with Crippen molar-refractivity contribution in [2.24, 2.45) is 17.6 Å². The molecule has 8 rings (SSSR count). The van der Waals surface area contributed by atoms with Crippen molar-refractivity contribution in [3.8, 4) is 24.0 Å². The second kappa shape index (κ2) is 25.6. The molecule has 0 aliphatic heterocycles. The summed E-state index contributed by atoms with van der Waals surface area (Å²) in [7, 11) is 2.22. The number of fused-ring (bicyclic) bond motifs is 6. The van der Waals surface area contributed by atoms with E-state index in [1.807, 2.05) is 35.2 Å². The molecule has 68 heavy (non-hydrogen) atoms. The molecule has 7 aromatic rings. The summed E-state index contributed by atoms with van der Waals surface area (Å²) in [5, 5.41) is 14.3. The number of rotatable bonds is 16. The van der Waals surface area contributed by atoms with Crippen LogP contribution in [-0.2, 0) is 32.2 Å². The van der Waals surface area contributed by atoms with Gasteiger partial charge in [0.1, 0.15) is 17.7 Å². The highest BCUT2D eigenvalue weighted by atomic mass is 16.5. The largest absolute Gasteiger partial charge is 0.453 e. The lowest BCUT2D eigenvalue weighted by molar-refractivity contribution is -0.137. The summed E-state index contributed by atoms with van der Waals surface area (Å²) in [5.41, 5.74) is 11.1. The number of aromatic amines is 2. The fourth-order valence-electron chi connectivity index (χ4n) is 7.97. The third kappa shape index (κ3) is 13.2. The maximum absolute atomic E-state index is 14.1. The summed E-state index contributed by atoms with van der Waals surface area (Å²) in [6, 6.07) is 30.1. The third-order valence-electron chi connectivity index (χ3n) is 11.7. The zero-order chi connectivity index (χ0) is 48.6. The molecule has 1 aliphatic rings. The third-order valence-corrected chi connectivity index (χ3v) is 11.7. The van der Waals surface area contributed by atoms with E-state index in [9.17, 15) is 19.2 Å². The lowest BCUT2D eigenvalue weighted by Crippen LogP contribution is -2.43. The van der Waals surface area contributed by atoms with Gasteiger partial charge in [0.05, 0.1) is 42.3 Å². The number of nitrogens with two attached hydrogens (primary N) is 1. The average molecular weight is 925 g/mol. The fraction of sp³-hybridized carbons (Fsp3) is 0.370. The van der Waals surface area contributed by atoms with Gasteiger partial charge in [0.25, 0.3) is 0 Å². The quantitative estimate of drug-likeness (QED) is 0.0590. The van der Waals surface area contributed by atoms with Gasteiger partial charge >= 0.3 is 6.09 Å². The number of nitrogens with zero attached hydrogens (tertiary/aromatic N) is 4. The first-order chi connectivity index (χ1) is 32.5. The number of aliphatic hydroxyl groups is 1. The number of carbonyl (C=O) groups is 4. The van der Waals surface area contributed by atoms with Crippen LogP contribution in [0.1, 0.15) is 96.9 Å². The molecule has 360 valence electrons. The number of H-pyrrole nitrogens is 2. The molecule has 14 nitrogen and oxygen atoms in total. The first-order valence-corrected chi connectivity index (χ1v) is 22.9. The van der Waals surface area contributed by atoms with Crippen LogP contribution in [0.25, 0.3) is 54.7 Å². The SMILES string of the molecule is C.C#C.CCCN(Cc1nc2c(ccc3cc(-c4ccc5c(ccc6[nH]c(CN(CCC)C(=O)[C@H](NC(=O)C7CC7)c7ccccc7)nc65)c4)ccc32)[nH]1)C(=O)C[C@@H](C)CC.CO.COC(N)=O. The number of nitrogens with one attached hydrogen (secondary N) is 3. The number of primary amides is 1. The minimum absolute atomic E-state index is 0. The fourth-order valence-corrected chi connectivity index (χ4v) is 7.97. The Hall–Kier alpha value is -7.24. The number of carbonyl (C=O) groups excluding carboxylic acids is 4. The van der Waals surface area contributed by atoms with E-state index < -0.39 is 12.1 Å². The topological polar surface area (TPSA) is 200 Å². The molecule has 14 heteroatoms. The van der Waals surface area contributed by atoms with Crippen LogP contribution in [-0.4, -0.2) is 86.0 Å². The van der Waals surface area contributed by atoms with Crippen molar-refractivity contribution < 1.29 is 29.0 Å². The molecule has 5 aromatic carbocycles. The summed E-state index contributed by atoms with van der Waals surface area (Å²) >= 11 is 0. The Balaban J connectivity index is 0.000000936. The molecule has 0 radical (unpaired) electrons. The molecule has 1 saturated carbocycles. The molecule has 2 atom stereocenters. The van der Waals surface area contributed by atoms with Crippen LogP contribution in [0.5, 0.6) is 0 Å². The molecule has 4 amide bonds. The number of hydrogen-bond acceptors (Lipinski definition) is 8. The molecule has 0 unspecified atom stereocenters. The molecule has 1 aliphatic carbocycles. The summed E-state index contributed by atoms with van der Waals surface area (Å²) in [6.45, 7) is 10.4. The van der Waals surface area contributed by atoms with Gasteiger partial charge in [0, 0.05) is 43.3 Å². The van der Waals surface area contributed by atoms with Crippen molar-refractivity contribution in [2.75, 3.05) is 27.3 Å². The van der Waals surface area contributed by atoms with Gasteiger partial charge in [-0.1, -0.05) is 108 Å². The Morgan fingerprint density at radius 1 is 0.779 bits per heavy atom. The maximum Gasteiger partial charge on any atom is 0.404 e. The monoisotopic (exact) mass is 925 g/mol. The van der Waals surface area contributed by atoms with E-state index in [2.05, 4.69) is 127 Å². The molecule has 0 bridgehead atoms. The number of hydrogen-bond donors (Lipinski definition) is 5. The van der Waals surface area contributed by atoms with Crippen molar-refractivity contribution in [2.45, 2.75) is 92.8 Å². The van der Waals surface area contributed by atoms with E-state index in [0.717, 1.165) is 105 Å². The van der Waals surface area contributed by atoms with E-state index in [1.54, 1.807) is 4.90 Å². The Kier molecular flexibility index (Phi) is 20.1. The molecule has 0 spiro atoms. The highest BCUT2D eigenvalue weighted by molar-refractivity contribution is 6.07. The number of aromatic nitrogens is 4. The van der Waals surface area contributed by atoms with Gasteiger partial charge in [-0.25, -0.2) is 14.8 Å². The Morgan fingerprint density at radius 3 is 1.72 bits per heavy atom. The summed E-state index contributed by atoms with van der Waals surface area (Å²) < 4.78 is 3.89. The number of terminal acetylenes is 1. The first-order valence-electron chi connectivity index (χ1n) is 22.9. The van der Waals surface area contributed by atoms with Crippen molar-refractivity contribution >= 4 is 67.4 Å². The molecule has 2 aromatic heterocycles. The molecule has 6 N–H and O–H groups in total. The van der Waals surface area contributed by atoms with Crippen LogP contribution in [0.4, 0.5) is 4.79 Å². The first kappa shape index (κ1) is 53.4. The smallest absolute Gasteiger partial charge is 0.404 e. The predicted octanol–water partition coefficient (Wildman–Crippen LogP) is 9.80. The number of methoxy groups -OCH3 is 1. The highest BCUT2D eigenvalue weighted by Gasteiger charge is 2.35. The van der Waals surface area contributed by atoms with Gasteiger partial charge in [-0.05, 0) is 83.3 Å². The lowest BCUT2D eigenvalue weighted by Gasteiger charge is -2.27. The maximum atomic E-state index is 14.1. The van der Waals surface area contributed by atoms with Crippen molar-refractivity contribution in [1.82, 2.24) is 35.1 Å². The van der Waals surface area contributed by atoms with Crippen LogP contribution >= 0.6 is 0 Å². The van der Waals surface area contributed by atoms with E-state index in [1.165, 1.54) is 7.11 Å². The molecule has 1 fully saturated rings. The standard InChI is InChI=1S/C48H53N7O3.C2H5NO2.C2H2.CH4O.CH4/c1-5-23-54(43(56)25-30(4)7-3)28-41-49-39-21-17-35-26-33(15-19-37(35)45(39)51-41)34-16-20-38-36(27-34)18-22-40-46(38)52-42(50-40)29-55(24-6-2)48(58)44(31-11-9-8-10-12-31)53-47(57)32-13-14-32;1-5-2(3)4;2*1-2;/h8-12,15-22,26-27,30,32,44H,5-7,13-14,23-25,28-29H2,1-4H3,(H,49,51)(H,50,52)(H,53,57);1H3,(H2,3,4);1-2H;2H,1H3;1H4/t30-,44+;;;;/m0..../s1. The van der Waals surface area contributed by atoms with Gasteiger partial charge in [-0.15, -0.1) is 12.8 Å². The second-order valence-corrected chi connectivity index (χ2v) is 16.6. The normalized spacial score (nSPS) is 12.5. The van der Waals surface area contributed by atoms with E-state index in [-0.39, 0.29) is 31.1 Å². The van der Waals surface area contributed by atoms with Crippen LogP contribution < -0.4 is 11.1 Å². The number of ether oxygens (including phenoxy) is 1. The molecular weight excluding hydrogens is 857 g/mol. The van der Waals surface area contributed by atoms with Crippen LogP contribution in [0.15, 0.2) is 91.0 Å². The van der Waals surface area contributed by atoms with E-state index >= 15 is 0 Å². The number of amides is 4. The predicted molar refractivity (Wildman–Crippen MR) is 273 cm³/mol. The van der Waals surface area contributed by atoms with Crippen molar-refractivity contribution in [3.63, 3.8) is 0 Å². The van der Waals surface area contributed by atoms with Gasteiger partial charge in [-0.2, -0.15) is 0 Å². The average Bonchev–Trinajstić information content (AvgIpc) is 4.00. The van der Waals surface area contributed by atoms with E-state index in [4.69, 9.17) is 15.1 Å². The van der Waals surface area contributed by atoms with Gasteiger partial charge in [0.2, 0.25) is 17.7 Å². The molecule has 2 heterocycles. The Labute approximate surface area is 400 Å². The Bertz CT molecular complexity index is 2790. The zero-order valence-corrected chi connectivity index (χ0v) is 39.5. The minimum atomic E-state index is -0.750. The number of benzene rings is 5. The van der Waals surface area contributed by atoms with Gasteiger partial charge in [-0.3, -0.25) is 14.4 Å². The highest BCUT2D eigenvalue weighted by Crippen LogP contribution is 2.33. The number of aliphatic hydroxyl groups excluding tert-OH is 1. The van der Waals surface area contributed by atoms with Crippen molar-refractivity contribution in [3.05, 3.63) is 108 Å². The molecular formula is C54H68N8O6. The lowest BCUT2D eigenvalue weighted by atomic mass is 9.98. The minimum Gasteiger partial charge on any atom is -0.453 e. The van der Waals surface area contributed by atoms with Crippen LogP contribution in [0, 0.1) is 24.7 Å². The van der Waals surface area contributed by atoms with E-state index in [0.29, 0.717) is 44.3 Å². The summed E-state index contributed by atoms with van der Waals surface area (Å²) in [5.74, 6) is 1.85. The van der Waals surface area contributed by atoms with Crippen LogP contribution in [0.3, 0.4) is 0 Å². The van der Waals surface area contributed by atoms with Gasteiger partial charge < -0.3 is 40.7 Å². The summed E-state index contributed by atoms with van der Waals surface area (Å²) in [4.78, 5) is 70.2. The van der Waals surface area contributed by atoms with Gasteiger partial charge in [0.15, 0.2) is 0 Å². The van der Waals surface area contributed by atoms with Crippen LogP contribution in [0.2, 0.25) is 0 Å². The second-order valence-electron chi connectivity index (χ2n) is 16.6.